The molecule has 0 aliphatic carbocycles. The summed E-state index contributed by atoms with van der Waals surface area (Å²) in [6, 6.07) is 10.7. The molecule has 0 radical (unpaired) electrons. The lowest BCUT2D eigenvalue weighted by molar-refractivity contribution is -0.137. The molecular formula is C24H22F4N4O3. The minimum absolute atomic E-state index is 0.0419. The summed E-state index contributed by atoms with van der Waals surface area (Å²) in [6.07, 6.45) is -4.87. The van der Waals surface area contributed by atoms with Crippen LogP contribution in [0.1, 0.15) is 17.5 Å². The van der Waals surface area contributed by atoms with E-state index in [0.29, 0.717) is 29.3 Å². The molecule has 0 unspecified atom stereocenters. The first-order chi connectivity index (χ1) is 16.7. The van der Waals surface area contributed by atoms with E-state index in [2.05, 4.69) is 10.4 Å². The van der Waals surface area contributed by atoms with E-state index in [-0.39, 0.29) is 31.4 Å². The van der Waals surface area contributed by atoms with Crippen LogP contribution in [0.4, 0.5) is 23.2 Å². The molecule has 1 aromatic heterocycles. The number of aryl methyl sites for hydroxylation is 1. The van der Waals surface area contributed by atoms with Gasteiger partial charge in [-0.15, -0.1) is 0 Å². The predicted octanol–water partition coefficient (Wildman–Crippen LogP) is 4.39. The maximum Gasteiger partial charge on any atom is 0.420 e. The number of fused-ring (bicyclic) bond motifs is 1. The second-order valence-electron chi connectivity index (χ2n) is 8.52. The van der Waals surface area contributed by atoms with E-state index in [4.69, 9.17) is 9.47 Å². The normalized spacial score (nSPS) is 19.8. The number of aromatic nitrogens is 2. The lowest BCUT2D eigenvalue weighted by Crippen LogP contribution is -2.39. The van der Waals surface area contributed by atoms with Crippen LogP contribution in [-0.2, 0) is 24.6 Å². The summed E-state index contributed by atoms with van der Waals surface area (Å²) >= 11 is 0. The Kier molecular flexibility index (Phi) is 5.87. The van der Waals surface area contributed by atoms with Crippen LogP contribution in [0, 0.1) is 0 Å². The molecule has 0 saturated carbocycles. The molecule has 3 heterocycles. The average molecular weight is 490 g/mol. The van der Waals surface area contributed by atoms with E-state index in [0.717, 1.165) is 16.4 Å². The van der Waals surface area contributed by atoms with Crippen molar-refractivity contribution in [3.63, 3.8) is 0 Å². The molecule has 2 aliphatic rings. The SMILES string of the molecule is Cn1ncc(C(F)(F)F)c1-c1ccc(NC(=O)[C@H]2C[C@H](F)CN2Cc2cccc3c2OCO3)cc1. The molecule has 1 fully saturated rings. The molecule has 184 valence electrons. The van der Waals surface area contributed by atoms with Gasteiger partial charge in [-0.3, -0.25) is 14.4 Å². The van der Waals surface area contributed by atoms with Gasteiger partial charge in [-0.2, -0.15) is 18.3 Å². The highest BCUT2D eigenvalue weighted by Crippen LogP contribution is 2.38. The van der Waals surface area contributed by atoms with E-state index in [9.17, 15) is 22.4 Å². The van der Waals surface area contributed by atoms with Crippen LogP contribution in [0.25, 0.3) is 11.3 Å². The van der Waals surface area contributed by atoms with Gasteiger partial charge >= 0.3 is 6.18 Å². The molecule has 2 aromatic carbocycles. The number of ether oxygens (including phenoxy) is 2. The third-order valence-electron chi connectivity index (χ3n) is 6.18. The standard InChI is InChI=1S/C24H22F4N4O3/c1-31-21(18(10-29-31)24(26,27)28)14-5-7-17(8-6-14)30-23(33)19-9-16(25)12-32(19)11-15-3-2-4-20-22(15)35-13-34-20/h2-8,10,16,19H,9,11-13H2,1H3,(H,30,33)/t16-,19+/m0/s1. The van der Waals surface area contributed by atoms with E-state index in [1.807, 2.05) is 12.1 Å². The zero-order chi connectivity index (χ0) is 24.7. The Morgan fingerprint density at radius 1 is 1.17 bits per heavy atom. The second-order valence-corrected chi connectivity index (χ2v) is 8.52. The van der Waals surface area contributed by atoms with Gasteiger partial charge in [0.1, 0.15) is 11.7 Å². The first-order valence-corrected chi connectivity index (χ1v) is 11.0. The molecule has 11 heteroatoms. The Morgan fingerprint density at radius 3 is 2.69 bits per heavy atom. The highest BCUT2D eigenvalue weighted by Gasteiger charge is 2.38. The van der Waals surface area contributed by atoms with Crippen molar-refractivity contribution >= 4 is 11.6 Å². The quantitative estimate of drug-likeness (QED) is 0.538. The molecule has 1 N–H and O–H groups in total. The Labute approximate surface area is 198 Å². The fourth-order valence-corrected chi connectivity index (χ4v) is 4.55. The highest BCUT2D eigenvalue weighted by molar-refractivity contribution is 5.95. The topological polar surface area (TPSA) is 68.6 Å². The van der Waals surface area contributed by atoms with Crippen molar-refractivity contribution in [1.82, 2.24) is 14.7 Å². The molecule has 1 amide bonds. The first-order valence-electron chi connectivity index (χ1n) is 11.0. The number of anilines is 1. The number of rotatable bonds is 5. The molecule has 0 spiro atoms. The van der Waals surface area contributed by atoms with Crippen molar-refractivity contribution in [3.05, 3.63) is 59.8 Å². The number of carbonyl (C=O) groups excluding carboxylic acids is 1. The monoisotopic (exact) mass is 490 g/mol. The largest absolute Gasteiger partial charge is 0.454 e. The van der Waals surface area contributed by atoms with Crippen LogP contribution in [0.3, 0.4) is 0 Å². The number of carbonyl (C=O) groups is 1. The molecule has 5 rings (SSSR count). The number of nitrogens with one attached hydrogen (secondary N) is 1. The number of halogens is 4. The molecule has 35 heavy (non-hydrogen) atoms. The Balaban J connectivity index is 1.30. The van der Waals surface area contributed by atoms with Gasteiger partial charge in [0, 0.05) is 43.4 Å². The van der Waals surface area contributed by atoms with Gasteiger partial charge in [0.25, 0.3) is 0 Å². The highest BCUT2D eigenvalue weighted by atomic mass is 19.4. The van der Waals surface area contributed by atoms with Crippen molar-refractivity contribution in [1.29, 1.82) is 0 Å². The average Bonchev–Trinajstić information content (AvgIpc) is 3.53. The predicted molar refractivity (Wildman–Crippen MR) is 119 cm³/mol. The van der Waals surface area contributed by atoms with Crippen LogP contribution in [0.2, 0.25) is 0 Å². The molecule has 0 bridgehead atoms. The number of likely N-dealkylation sites (tertiary alicyclic amines) is 1. The van der Waals surface area contributed by atoms with Gasteiger partial charge < -0.3 is 14.8 Å². The molecule has 7 nitrogen and oxygen atoms in total. The number of benzene rings is 2. The van der Waals surface area contributed by atoms with Crippen LogP contribution < -0.4 is 14.8 Å². The number of nitrogens with zero attached hydrogens (tertiary/aromatic N) is 3. The lowest BCUT2D eigenvalue weighted by atomic mass is 10.1. The zero-order valence-corrected chi connectivity index (χ0v) is 18.7. The van der Waals surface area contributed by atoms with Crippen molar-refractivity contribution in [2.75, 3.05) is 18.7 Å². The minimum Gasteiger partial charge on any atom is -0.454 e. The van der Waals surface area contributed by atoms with E-state index < -0.39 is 24.0 Å². The van der Waals surface area contributed by atoms with Gasteiger partial charge in [0.05, 0.1) is 17.9 Å². The fraction of sp³-hybridized carbons (Fsp3) is 0.333. The summed E-state index contributed by atoms with van der Waals surface area (Å²) in [5.41, 5.74) is 0.595. The van der Waals surface area contributed by atoms with Crippen LogP contribution >= 0.6 is 0 Å². The van der Waals surface area contributed by atoms with Gasteiger partial charge in [0.15, 0.2) is 11.5 Å². The summed E-state index contributed by atoms with van der Waals surface area (Å²) in [6.45, 7) is 0.522. The van der Waals surface area contributed by atoms with Crippen LogP contribution in [0.5, 0.6) is 11.5 Å². The van der Waals surface area contributed by atoms with E-state index >= 15 is 0 Å². The molecule has 1 saturated heterocycles. The minimum atomic E-state index is -4.54. The Bertz CT molecular complexity index is 1240. The van der Waals surface area contributed by atoms with Crippen LogP contribution in [0.15, 0.2) is 48.7 Å². The maximum absolute atomic E-state index is 14.3. The molecular weight excluding hydrogens is 468 g/mol. The maximum atomic E-state index is 14.3. The van der Waals surface area contributed by atoms with Gasteiger partial charge in [-0.1, -0.05) is 24.3 Å². The smallest absolute Gasteiger partial charge is 0.420 e. The summed E-state index contributed by atoms with van der Waals surface area (Å²) < 4.78 is 66.3. The number of alkyl halides is 4. The van der Waals surface area contributed by atoms with Crippen molar-refractivity contribution in [2.24, 2.45) is 7.05 Å². The summed E-state index contributed by atoms with van der Waals surface area (Å²) in [7, 11) is 1.43. The third-order valence-corrected chi connectivity index (χ3v) is 6.18. The number of amides is 1. The number of hydrogen-bond acceptors (Lipinski definition) is 5. The Hall–Kier alpha value is -3.60. The fourth-order valence-electron chi connectivity index (χ4n) is 4.55. The van der Waals surface area contributed by atoms with Gasteiger partial charge in [0.2, 0.25) is 12.7 Å². The van der Waals surface area contributed by atoms with Crippen LogP contribution in [-0.4, -0.2) is 46.1 Å². The third kappa shape index (κ3) is 4.55. The van der Waals surface area contributed by atoms with Gasteiger partial charge in [-0.25, -0.2) is 4.39 Å². The summed E-state index contributed by atoms with van der Waals surface area (Å²) in [4.78, 5) is 14.8. The lowest BCUT2D eigenvalue weighted by Gasteiger charge is -2.24. The van der Waals surface area contributed by atoms with E-state index in [1.54, 1.807) is 11.0 Å². The summed E-state index contributed by atoms with van der Waals surface area (Å²) in [5.74, 6) is 0.818. The number of para-hydroxylation sites is 1. The first kappa shape index (κ1) is 23.2. The van der Waals surface area contributed by atoms with Crippen molar-refractivity contribution < 1.29 is 31.8 Å². The zero-order valence-electron chi connectivity index (χ0n) is 18.7. The second kappa shape index (κ2) is 8.88. The molecule has 2 atom stereocenters. The number of hydrogen-bond donors (Lipinski definition) is 1. The van der Waals surface area contributed by atoms with E-state index in [1.165, 1.54) is 31.3 Å². The van der Waals surface area contributed by atoms with Crippen molar-refractivity contribution in [2.45, 2.75) is 31.4 Å². The molecule has 3 aromatic rings. The molecule has 2 aliphatic heterocycles. The van der Waals surface area contributed by atoms with Crippen molar-refractivity contribution in [3.8, 4) is 22.8 Å². The Morgan fingerprint density at radius 2 is 1.94 bits per heavy atom. The van der Waals surface area contributed by atoms with Gasteiger partial charge in [-0.05, 0) is 18.2 Å². The summed E-state index contributed by atoms with van der Waals surface area (Å²) in [5, 5.41) is 6.48.